The number of benzene rings is 1. The van der Waals surface area contributed by atoms with Gasteiger partial charge in [-0.05, 0) is 44.0 Å². The van der Waals surface area contributed by atoms with E-state index in [1.54, 1.807) is 0 Å². The topological polar surface area (TPSA) is 32.5 Å². The zero-order chi connectivity index (χ0) is 16.1. The summed E-state index contributed by atoms with van der Waals surface area (Å²) in [7, 11) is 2.16. The lowest BCUT2D eigenvalue weighted by Gasteiger charge is -2.37. The summed E-state index contributed by atoms with van der Waals surface area (Å²) in [4.78, 5) is 4.69. The fourth-order valence-electron chi connectivity index (χ4n) is 3.00. The lowest BCUT2D eigenvalue weighted by atomic mass is 9.94. The first-order valence-electron chi connectivity index (χ1n) is 8.12. The van der Waals surface area contributed by atoms with Crippen molar-refractivity contribution >= 4 is 5.57 Å². The van der Waals surface area contributed by atoms with Gasteiger partial charge in [0.25, 0.3) is 0 Å². The Hall–Kier alpha value is -1.58. The molecule has 22 heavy (non-hydrogen) atoms. The van der Waals surface area contributed by atoms with E-state index in [4.69, 9.17) is 5.73 Å². The van der Waals surface area contributed by atoms with Crippen LogP contribution in [0.3, 0.4) is 0 Å². The third-order valence-corrected chi connectivity index (χ3v) is 4.62. The molecule has 1 aromatic rings. The molecule has 0 bridgehead atoms. The van der Waals surface area contributed by atoms with Crippen LogP contribution in [0.4, 0.5) is 0 Å². The summed E-state index contributed by atoms with van der Waals surface area (Å²) >= 11 is 0. The van der Waals surface area contributed by atoms with Crippen molar-refractivity contribution in [3.63, 3.8) is 0 Å². The molecule has 0 aliphatic carbocycles. The summed E-state index contributed by atoms with van der Waals surface area (Å²) in [5.74, 6) is 0. The van der Waals surface area contributed by atoms with Gasteiger partial charge in [-0.1, -0.05) is 36.9 Å². The highest BCUT2D eigenvalue weighted by atomic mass is 15.3. The van der Waals surface area contributed by atoms with Crippen molar-refractivity contribution < 1.29 is 0 Å². The van der Waals surface area contributed by atoms with E-state index >= 15 is 0 Å². The van der Waals surface area contributed by atoms with Gasteiger partial charge in [-0.3, -0.25) is 0 Å². The van der Waals surface area contributed by atoms with Crippen LogP contribution >= 0.6 is 0 Å². The van der Waals surface area contributed by atoms with Crippen molar-refractivity contribution in [2.24, 2.45) is 5.73 Å². The van der Waals surface area contributed by atoms with E-state index in [0.717, 1.165) is 38.3 Å². The average molecular weight is 299 g/mol. The second-order valence-electron chi connectivity index (χ2n) is 6.22. The molecule has 0 radical (unpaired) electrons. The predicted molar refractivity (Wildman–Crippen MR) is 95.6 cm³/mol. The van der Waals surface area contributed by atoms with Crippen LogP contribution in [0.1, 0.15) is 24.5 Å². The minimum absolute atomic E-state index is 0.0192. The molecule has 1 aliphatic heterocycles. The van der Waals surface area contributed by atoms with E-state index in [2.05, 4.69) is 67.6 Å². The largest absolute Gasteiger partial charge is 0.371 e. The number of nitrogens with zero attached hydrogens (tertiary/aromatic N) is 2. The molecule has 0 aromatic heterocycles. The van der Waals surface area contributed by atoms with Gasteiger partial charge in [0.2, 0.25) is 0 Å². The first-order valence-corrected chi connectivity index (χ1v) is 8.12. The Balaban J connectivity index is 2.02. The molecule has 1 heterocycles. The van der Waals surface area contributed by atoms with Crippen LogP contribution in [0.5, 0.6) is 0 Å². The van der Waals surface area contributed by atoms with E-state index in [9.17, 15) is 0 Å². The number of piperazine rings is 1. The van der Waals surface area contributed by atoms with Gasteiger partial charge < -0.3 is 15.5 Å². The molecule has 2 N–H and O–H groups in total. The van der Waals surface area contributed by atoms with Crippen LogP contribution in [0.2, 0.25) is 0 Å². The van der Waals surface area contributed by atoms with Crippen molar-refractivity contribution in [2.45, 2.75) is 26.3 Å². The van der Waals surface area contributed by atoms with Crippen molar-refractivity contribution in [1.82, 2.24) is 9.80 Å². The number of hydrogen-bond acceptors (Lipinski definition) is 3. The predicted octanol–water partition coefficient (Wildman–Crippen LogP) is 2.88. The Labute approximate surface area is 135 Å². The Morgan fingerprint density at radius 2 is 1.91 bits per heavy atom. The normalized spacial score (nSPS) is 18.4. The first-order chi connectivity index (χ1) is 10.5. The zero-order valence-corrected chi connectivity index (χ0v) is 14.2. The zero-order valence-electron chi connectivity index (χ0n) is 14.2. The van der Waals surface area contributed by atoms with E-state index in [-0.39, 0.29) is 6.04 Å². The standard InChI is InChI=1S/C19H29N3/c1-5-17(18-9-7-6-8-15(18)2)14-19(20)16(3)22-12-10-21(4)11-13-22/h5-9,19H,3,10-14,20H2,1-2,4H3/b17-5-. The van der Waals surface area contributed by atoms with Gasteiger partial charge in [-0.15, -0.1) is 0 Å². The summed E-state index contributed by atoms with van der Waals surface area (Å²) in [5.41, 5.74) is 11.4. The lowest BCUT2D eigenvalue weighted by molar-refractivity contribution is 0.180. The van der Waals surface area contributed by atoms with Crippen molar-refractivity contribution in [3.05, 3.63) is 53.7 Å². The van der Waals surface area contributed by atoms with Crippen LogP contribution in [0, 0.1) is 6.92 Å². The SMILES string of the molecule is C=C(C(N)C/C(=C/C)c1ccccc1C)N1CCN(C)CC1. The highest BCUT2D eigenvalue weighted by Crippen LogP contribution is 2.25. The molecular formula is C19H29N3. The Kier molecular flexibility index (Phi) is 5.81. The number of aryl methyl sites for hydroxylation is 1. The van der Waals surface area contributed by atoms with Crippen molar-refractivity contribution in [3.8, 4) is 0 Å². The number of likely N-dealkylation sites (N-methyl/N-ethyl adjacent to an activating group) is 1. The second-order valence-corrected chi connectivity index (χ2v) is 6.22. The molecule has 0 amide bonds. The van der Waals surface area contributed by atoms with Crippen LogP contribution in [0.25, 0.3) is 5.57 Å². The maximum absolute atomic E-state index is 6.45. The van der Waals surface area contributed by atoms with E-state index in [0.29, 0.717) is 0 Å². The van der Waals surface area contributed by atoms with Crippen molar-refractivity contribution in [1.29, 1.82) is 0 Å². The Bertz CT molecular complexity index is 539. The van der Waals surface area contributed by atoms with Crippen LogP contribution in [0.15, 0.2) is 42.6 Å². The minimum atomic E-state index is -0.0192. The van der Waals surface area contributed by atoms with Crippen LogP contribution in [-0.2, 0) is 0 Å². The van der Waals surface area contributed by atoms with E-state index in [1.807, 2.05) is 0 Å². The van der Waals surface area contributed by atoms with E-state index < -0.39 is 0 Å². The number of allylic oxidation sites excluding steroid dienone is 1. The summed E-state index contributed by atoms with van der Waals surface area (Å²) < 4.78 is 0. The molecular weight excluding hydrogens is 270 g/mol. The van der Waals surface area contributed by atoms with Gasteiger partial charge in [0.05, 0.1) is 0 Å². The molecule has 1 aromatic carbocycles. The molecule has 120 valence electrons. The van der Waals surface area contributed by atoms with Gasteiger partial charge in [-0.25, -0.2) is 0 Å². The van der Waals surface area contributed by atoms with Gasteiger partial charge in [-0.2, -0.15) is 0 Å². The quantitative estimate of drug-likeness (QED) is 0.907. The fourth-order valence-corrected chi connectivity index (χ4v) is 3.00. The Morgan fingerprint density at radius 1 is 1.27 bits per heavy atom. The molecule has 3 heteroatoms. The molecule has 0 saturated carbocycles. The van der Waals surface area contributed by atoms with Crippen molar-refractivity contribution in [2.75, 3.05) is 33.2 Å². The molecule has 1 unspecified atom stereocenters. The maximum atomic E-state index is 6.45. The summed E-state index contributed by atoms with van der Waals surface area (Å²) in [6.45, 7) is 12.7. The fraction of sp³-hybridized carbons (Fsp3) is 0.474. The minimum Gasteiger partial charge on any atom is -0.371 e. The van der Waals surface area contributed by atoms with Crippen LogP contribution < -0.4 is 5.73 Å². The smallest absolute Gasteiger partial charge is 0.0481 e. The highest BCUT2D eigenvalue weighted by molar-refractivity contribution is 5.68. The van der Waals surface area contributed by atoms with Crippen LogP contribution in [-0.4, -0.2) is 49.1 Å². The molecule has 3 nitrogen and oxygen atoms in total. The molecule has 1 saturated heterocycles. The summed E-state index contributed by atoms with van der Waals surface area (Å²) in [6, 6.07) is 8.48. The number of hydrogen-bond donors (Lipinski definition) is 1. The number of nitrogens with two attached hydrogens (primary N) is 1. The molecule has 2 rings (SSSR count). The van der Waals surface area contributed by atoms with E-state index in [1.165, 1.54) is 16.7 Å². The summed E-state index contributed by atoms with van der Waals surface area (Å²) in [5, 5.41) is 0. The lowest BCUT2D eigenvalue weighted by Crippen LogP contribution is -2.46. The van der Waals surface area contributed by atoms with Gasteiger partial charge in [0.15, 0.2) is 0 Å². The maximum Gasteiger partial charge on any atom is 0.0481 e. The number of rotatable bonds is 5. The van der Waals surface area contributed by atoms with Gasteiger partial charge in [0.1, 0.15) is 0 Å². The Morgan fingerprint density at radius 3 is 2.50 bits per heavy atom. The third kappa shape index (κ3) is 3.99. The average Bonchev–Trinajstić information content (AvgIpc) is 2.53. The first kappa shape index (κ1) is 16.8. The molecule has 1 atom stereocenters. The third-order valence-electron chi connectivity index (χ3n) is 4.62. The molecule has 0 spiro atoms. The van der Waals surface area contributed by atoms with Gasteiger partial charge >= 0.3 is 0 Å². The molecule has 1 fully saturated rings. The molecule has 1 aliphatic rings. The second kappa shape index (κ2) is 7.61. The van der Waals surface area contributed by atoms with Gasteiger partial charge in [0, 0.05) is 37.9 Å². The summed E-state index contributed by atoms with van der Waals surface area (Å²) in [6.07, 6.45) is 3.02. The highest BCUT2D eigenvalue weighted by Gasteiger charge is 2.20. The monoisotopic (exact) mass is 299 g/mol.